The second-order valence-corrected chi connectivity index (χ2v) is 10.8. The molecule has 0 saturated carbocycles. The van der Waals surface area contributed by atoms with Gasteiger partial charge in [-0.15, -0.1) is 10.2 Å². The quantitative estimate of drug-likeness (QED) is 0.561. The molecular weight excluding hydrogens is 426 g/mol. The number of thioether (sulfide) groups is 1. The van der Waals surface area contributed by atoms with E-state index >= 15 is 0 Å². The predicted octanol–water partition coefficient (Wildman–Crippen LogP) is 0.0232. The molecule has 4 rings (SSSR count). The maximum Gasteiger partial charge on any atom is 0.233 e. The zero-order valence-electron chi connectivity index (χ0n) is 16.8. The average Bonchev–Trinajstić information content (AvgIpc) is 3.28. The molecule has 4 heterocycles. The van der Waals surface area contributed by atoms with Gasteiger partial charge in [-0.3, -0.25) is 4.79 Å². The number of carbonyl (C=O) groups excluding carboxylic acids is 1. The number of anilines is 1. The van der Waals surface area contributed by atoms with Gasteiger partial charge in [0, 0.05) is 52.0 Å². The van der Waals surface area contributed by atoms with Crippen LogP contribution in [0.5, 0.6) is 0 Å². The van der Waals surface area contributed by atoms with Crippen molar-refractivity contribution in [3.63, 3.8) is 0 Å². The van der Waals surface area contributed by atoms with E-state index in [4.69, 9.17) is 0 Å². The van der Waals surface area contributed by atoms with E-state index in [1.54, 1.807) is 18.5 Å². The molecule has 0 aliphatic carbocycles. The smallest absolute Gasteiger partial charge is 0.233 e. The number of aromatic nitrogens is 5. The van der Waals surface area contributed by atoms with Gasteiger partial charge in [0.15, 0.2) is 15.0 Å². The molecule has 0 N–H and O–H groups in total. The number of rotatable bonds is 6. The Kier molecular flexibility index (Phi) is 6.23. The third-order valence-electron chi connectivity index (χ3n) is 5.52. The Bertz CT molecular complexity index is 988. The molecule has 162 valence electrons. The summed E-state index contributed by atoms with van der Waals surface area (Å²) >= 11 is 1.37. The van der Waals surface area contributed by atoms with Gasteiger partial charge in [0.05, 0.1) is 17.3 Å². The first-order chi connectivity index (χ1) is 14.4. The van der Waals surface area contributed by atoms with Crippen molar-refractivity contribution < 1.29 is 13.2 Å². The normalized spacial score (nSPS) is 21.2. The molecule has 1 atom stereocenters. The van der Waals surface area contributed by atoms with Gasteiger partial charge in [-0.2, -0.15) is 0 Å². The lowest BCUT2D eigenvalue weighted by molar-refractivity contribution is -0.128. The SMILES string of the molecule is Cn1c(C[C@@H]2CCS(=O)(=O)C2)nnc1SCC(=O)N1CCN(c2ncccn2)CC1. The molecule has 0 bridgehead atoms. The summed E-state index contributed by atoms with van der Waals surface area (Å²) in [6, 6.07) is 1.79. The fourth-order valence-electron chi connectivity index (χ4n) is 3.77. The van der Waals surface area contributed by atoms with Crippen LogP contribution in [0.4, 0.5) is 5.95 Å². The van der Waals surface area contributed by atoms with Gasteiger partial charge in [-0.1, -0.05) is 11.8 Å². The first-order valence-electron chi connectivity index (χ1n) is 9.92. The summed E-state index contributed by atoms with van der Waals surface area (Å²) in [6.45, 7) is 2.69. The maximum atomic E-state index is 12.6. The minimum Gasteiger partial charge on any atom is -0.338 e. The molecule has 30 heavy (non-hydrogen) atoms. The van der Waals surface area contributed by atoms with Gasteiger partial charge in [0.25, 0.3) is 0 Å². The highest BCUT2D eigenvalue weighted by atomic mass is 32.2. The summed E-state index contributed by atoms with van der Waals surface area (Å²) in [5.74, 6) is 2.41. The molecule has 12 heteroatoms. The Hall–Kier alpha value is -2.21. The van der Waals surface area contributed by atoms with E-state index in [0.29, 0.717) is 55.9 Å². The van der Waals surface area contributed by atoms with Crippen LogP contribution >= 0.6 is 11.8 Å². The molecule has 10 nitrogen and oxygen atoms in total. The highest BCUT2D eigenvalue weighted by Crippen LogP contribution is 2.24. The number of piperazine rings is 1. The number of sulfone groups is 1. The summed E-state index contributed by atoms with van der Waals surface area (Å²) in [4.78, 5) is 25.1. The molecule has 2 aromatic rings. The Morgan fingerprint density at radius 3 is 2.57 bits per heavy atom. The highest BCUT2D eigenvalue weighted by molar-refractivity contribution is 7.99. The van der Waals surface area contributed by atoms with Crippen molar-refractivity contribution >= 4 is 33.5 Å². The Labute approximate surface area is 180 Å². The fourth-order valence-corrected chi connectivity index (χ4v) is 6.46. The summed E-state index contributed by atoms with van der Waals surface area (Å²) in [5, 5.41) is 9.08. The van der Waals surface area contributed by atoms with Crippen molar-refractivity contribution in [1.29, 1.82) is 0 Å². The van der Waals surface area contributed by atoms with Gasteiger partial charge >= 0.3 is 0 Å². The molecule has 0 aromatic carbocycles. The van der Waals surface area contributed by atoms with E-state index < -0.39 is 9.84 Å². The van der Waals surface area contributed by atoms with Crippen molar-refractivity contribution in [2.24, 2.45) is 13.0 Å². The number of carbonyl (C=O) groups is 1. The molecule has 1 amide bonds. The number of hydrogen-bond acceptors (Lipinski definition) is 9. The Balaban J connectivity index is 1.26. The monoisotopic (exact) mass is 451 g/mol. The summed E-state index contributed by atoms with van der Waals surface area (Å²) in [5.41, 5.74) is 0. The number of hydrogen-bond donors (Lipinski definition) is 0. The lowest BCUT2D eigenvalue weighted by Gasteiger charge is -2.34. The lowest BCUT2D eigenvalue weighted by Crippen LogP contribution is -2.49. The van der Waals surface area contributed by atoms with Crippen LogP contribution in [-0.2, 0) is 28.1 Å². The van der Waals surface area contributed by atoms with E-state index in [2.05, 4.69) is 25.1 Å². The molecule has 2 saturated heterocycles. The molecular formula is C18H25N7O3S2. The first kappa shape index (κ1) is 21.0. The molecule has 2 aromatic heterocycles. The van der Waals surface area contributed by atoms with Crippen LogP contribution in [0.15, 0.2) is 23.6 Å². The van der Waals surface area contributed by atoms with Crippen molar-refractivity contribution in [3.05, 3.63) is 24.3 Å². The molecule has 2 aliphatic heterocycles. The van der Waals surface area contributed by atoms with E-state index in [-0.39, 0.29) is 23.3 Å². The minimum absolute atomic E-state index is 0.0695. The second kappa shape index (κ2) is 8.88. The van der Waals surface area contributed by atoms with E-state index in [9.17, 15) is 13.2 Å². The standard InChI is InChI=1S/C18H25N7O3S2/c1-23-15(11-14-3-10-30(27,28)13-14)21-22-18(23)29-12-16(26)24-6-8-25(9-7-24)17-19-4-2-5-20-17/h2,4-5,14H,3,6-13H2,1H3/t14-/m0/s1. The third-order valence-corrected chi connectivity index (χ3v) is 8.36. The van der Waals surface area contributed by atoms with Gasteiger partial charge in [-0.05, 0) is 18.4 Å². The van der Waals surface area contributed by atoms with Gasteiger partial charge < -0.3 is 14.4 Å². The van der Waals surface area contributed by atoms with Crippen LogP contribution in [0.3, 0.4) is 0 Å². The zero-order valence-corrected chi connectivity index (χ0v) is 18.5. The van der Waals surface area contributed by atoms with Crippen molar-refractivity contribution in [1.82, 2.24) is 29.6 Å². The lowest BCUT2D eigenvalue weighted by atomic mass is 10.1. The molecule has 0 spiro atoms. The van der Waals surface area contributed by atoms with Crippen LogP contribution in [-0.4, -0.2) is 87.4 Å². The van der Waals surface area contributed by atoms with E-state index in [1.807, 2.05) is 16.5 Å². The summed E-state index contributed by atoms with van der Waals surface area (Å²) in [7, 11) is -1.04. The van der Waals surface area contributed by atoms with Crippen molar-refractivity contribution in [2.45, 2.75) is 18.0 Å². The fraction of sp³-hybridized carbons (Fsp3) is 0.611. The topological polar surface area (TPSA) is 114 Å². The first-order valence-corrected chi connectivity index (χ1v) is 12.7. The molecule has 0 unspecified atom stereocenters. The largest absolute Gasteiger partial charge is 0.338 e. The van der Waals surface area contributed by atoms with Crippen molar-refractivity contribution in [3.8, 4) is 0 Å². The van der Waals surface area contributed by atoms with E-state index in [0.717, 1.165) is 5.82 Å². The highest BCUT2D eigenvalue weighted by Gasteiger charge is 2.29. The number of nitrogens with zero attached hydrogens (tertiary/aromatic N) is 7. The summed E-state index contributed by atoms with van der Waals surface area (Å²) in [6.07, 6.45) is 4.71. The van der Waals surface area contributed by atoms with Gasteiger partial charge in [-0.25, -0.2) is 18.4 Å². The Morgan fingerprint density at radius 1 is 1.17 bits per heavy atom. The van der Waals surface area contributed by atoms with E-state index in [1.165, 1.54) is 11.8 Å². The summed E-state index contributed by atoms with van der Waals surface area (Å²) < 4.78 is 25.2. The van der Waals surface area contributed by atoms with Crippen LogP contribution < -0.4 is 4.90 Å². The molecule has 2 aliphatic rings. The van der Waals surface area contributed by atoms with Crippen LogP contribution in [0.25, 0.3) is 0 Å². The van der Waals surface area contributed by atoms with Crippen LogP contribution in [0, 0.1) is 5.92 Å². The van der Waals surface area contributed by atoms with Crippen LogP contribution in [0.1, 0.15) is 12.2 Å². The predicted molar refractivity (Wildman–Crippen MR) is 113 cm³/mol. The average molecular weight is 452 g/mol. The van der Waals surface area contributed by atoms with Gasteiger partial charge in [0.1, 0.15) is 5.82 Å². The third kappa shape index (κ3) is 4.91. The second-order valence-electron chi connectivity index (χ2n) is 7.64. The van der Waals surface area contributed by atoms with Crippen molar-refractivity contribution in [2.75, 3.05) is 48.3 Å². The molecule has 0 radical (unpaired) electrons. The molecule has 2 fully saturated rings. The zero-order chi connectivity index (χ0) is 21.1. The number of amides is 1. The maximum absolute atomic E-state index is 12.6. The Morgan fingerprint density at radius 2 is 1.90 bits per heavy atom. The van der Waals surface area contributed by atoms with Gasteiger partial charge in [0.2, 0.25) is 11.9 Å². The minimum atomic E-state index is -2.90. The van der Waals surface area contributed by atoms with Crippen LogP contribution in [0.2, 0.25) is 0 Å².